The van der Waals surface area contributed by atoms with Crippen LogP contribution in [0.15, 0.2) is 36.4 Å². The monoisotopic (exact) mass is 391 g/mol. The van der Waals surface area contributed by atoms with Crippen LogP contribution in [0.1, 0.15) is 88.6 Å². The number of benzene rings is 2. The molecule has 29 heavy (non-hydrogen) atoms. The molecule has 1 aliphatic carbocycles. The normalized spacial score (nSPS) is 16.1. The quantitative estimate of drug-likeness (QED) is 0.530. The van der Waals surface area contributed by atoms with E-state index in [0.29, 0.717) is 11.8 Å². The van der Waals surface area contributed by atoms with E-state index in [-0.39, 0.29) is 11.3 Å². The van der Waals surface area contributed by atoms with Crippen molar-refractivity contribution in [3.05, 3.63) is 64.2 Å². The van der Waals surface area contributed by atoms with E-state index in [4.69, 9.17) is 0 Å². The van der Waals surface area contributed by atoms with Crippen LogP contribution in [0, 0.1) is 0 Å². The number of nitrogens with one attached hydrogen (secondary N) is 1. The molecule has 1 heterocycles. The molecule has 156 valence electrons. The predicted octanol–water partition coefficient (Wildman–Crippen LogP) is 6.73. The third-order valence-corrected chi connectivity index (χ3v) is 6.09. The summed E-state index contributed by atoms with van der Waals surface area (Å²) in [5.74, 6) is 0.133. The second-order valence-corrected chi connectivity index (χ2v) is 10.6. The minimum Gasteiger partial charge on any atom is -0.326 e. The Bertz CT molecular complexity index is 880. The van der Waals surface area contributed by atoms with E-state index in [1.54, 1.807) is 11.1 Å². The Morgan fingerprint density at radius 3 is 1.83 bits per heavy atom. The molecule has 0 bridgehead atoms. The molecule has 0 radical (unpaired) electrons. The highest BCUT2D eigenvalue weighted by atomic mass is 16.1. The average molecular weight is 392 g/mol. The topological polar surface area (TPSA) is 29.1 Å². The van der Waals surface area contributed by atoms with Crippen LogP contribution in [0.25, 0.3) is 0 Å². The summed E-state index contributed by atoms with van der Waals surface area (Å²) in [6.07, 6.45) is 6.81. The molecule has 2 heteroatoms. The van der Waals surface area contributed by atoms with Crippen LogP contribution in [0.5, 0.6) is 0 Å². The molecule has 0 fully saturated rings. The first kappa shape index (κ1) is 21.6. The maximum absolute atomic E-state index is 11.3. The molecule has 0 atom stereocenters. The van der Waals surface area contributed by atoms with Gasteiger partial charge in [0, 0.05) is 12.1 Å². The van der Waals surface area contributed by atoms with Gasteiger partial charge in [-0.25, -0.2) is 0 Å². The summed E-state index contributed by atoms with van der Waals surface area (Å²) in [6.45, 7) is 13.4. The van der Waals surface area contributed by atoms with Gasteiger partial charge in [0.25, 0.3) is 0 Å². The smallest absolute Gasteiger partial charge is 0.224 e. The van der Waals surface area contributed by atoms with E-state index in [2.05, 4.69) is 83.3 Å². The molecule has 1 aliphatic heterocycles. The lowest BCUT2D eigenvalue weighted by Gasteiger charge is -2.23. The Balaban J connectivity index is 0.000000166. The van der Waals surface area contributed by atoms with Crippen molar-refractivity contribution >= 4 is 11.6 Å². The van der Waals surface area contributed by atoms with E-state index in [0.717, 1.165) is 12.1 Å². The molecule has 0 saturated carbocycles. The van der Waals surface area contributed by atoms with Crippen molar-refractivity contribution in [1.29, 1.82) is 0 Å². The molecule has 0 saturated heterocycles. The lowest BCUT2D eigenvalue weighted by Crippen LogP contribution is -2.20. The van der Waals surface area contributed by atoms with Crippen LogP contribution in [0.2, 0.25) is 0 Å². The first-order valence-electron chi connectivity index (χ1n) is 11.1. The Morgan fingerprint density at radius 2 is 1.21 bits per heavy atom. The highest BCUT2D eigenvalue weighted by molar-refractivity contribution is 5.94. The van der Waals surface area contributed by atoms with Gasteiger partial charge in [-0.2, -0.15) is 0 Å². The van der Waals surface area contributed by atoms with Gasteiger partial charge in [-0.15, -0.1) is 0 Å². The highest BCUT2D eigenvalue weighted by Crippen LogP contribution is 2.30. The molecule has 0 spiro atoms. The summed E-state index contributed by atoms with van der Waals surface area (Å²) in [5, 5.41) is 2.93. The van der Waals surface area contributed by atoms with Gasteiger partial charge >= 0.3 is 0 Å². The summed E-state index contributed by atoms with van der Waals surface area (Å²) in [5.41, 5.74) is 8.62. The largest absolute Gasteiger partial charge is 0.326 e. The van der Waals surface area contributed by atoms with Crippen molar-refractivity contribution in [2.24, 2.45) is 0 Å². The molecule has 0 aromatic heterocycles. The van der Waals surface area contributed by atoms with Crippen molar-refractivity contribution < 1.29 is 4.79 Å². The van der Waals surface area contributed by atoms with Crippen LogP contribution in [-0.2, 0) is 34.9 Å². The third kappa shape index (κ3) is 5.50. The number of aryl methyl sites for hydroxylation is 3. The SMILES string of the molecule is CC(C)(C)c1ccc2c(c1)CCCC2.CC(C)(C)c1ccc2c(c1)NC(=O)CC2. The van der Waals surface area contributed by atoms with Crippen molar-refractivity contribution in [1.82, 2.24) is 0 Å². The van der Waals surface area contributed by atoms with E-state index in [1.165, 1.54) is 42.4 Å². The average Bonchev–Trinajstić information content (AvgIpc) is 2.66. The second kappa shape index (κ2) is 8.34. The van der Waals surface area contributed by atoms with E-state index in [1.807, 2.05) is 0 Å². The highest BCUT2D eigenvalue weighted by Gasteiger charge is 2.19. The molecular weight excluding hydrogens is 354 g/mol. The number of fused-ring (bicyclic) bond motifs is 2. The standard InChI is InChI=1S/C14H20.C13H17NO/c1-14(2,3)13-9-8-11-6-4-5-7-12(11)10-13;1-13(2,3)10-6-4-9-5-7-12(15)14-11(9)8-10/h8-10H,4-7H2,1-3H3;4,6,8H,5,7H2,1-3H3,(H,14,15). The van der Waals surface area contributed by atoms with Crippen LogP contribution in [0.4, 0.5) is 5.69 Å². The zero-order valence-electron chi connectivity index (χ0n) is 19.1. The number of hydrogen-bond acceptors (Lipinski definition) is 1. The molecule has 0 unspecified atom stereocenters. The van der Waals surface area contributed by atoms with Gasteiger partial charge in [0.1, 0.15) is 0 Å². The molecule has 1 amide bonds. The summed E-state index contributed by atoms with van der Waals surface area (Å²) < 4.78 is 0. The van der Waals surface area contributed by atoms with Gasteiger partial charge in [-0.05, 0) is 76.8 Å². The molecule has 2 aromatic carbocycles. The Morgan fingerprint density at radius 1 is 0.655 bits per heavy atom. The van der Waals surface area contributed by atoms with Crippen molar-refractivity contribution in [2.75, 3.05) is 5.32 Å². The van der Waals surface area contributed by atoms with Gasteiger partial charge < -0.3 is 5.32 Å². The number of rotatable bonds is 0. The fourth-order valence-electron chi connectivity index (χ4n) is 4.04. The Kier molecular flexibility index (Phi) is 6.22. The lowest BCUT2D eigenvalue weighted by atomic mass is 9.82. The number of carbonyl (C=O) groups is 1. The van der Waals surface area contributed by atoms with Crippen LogP contribution < -0.4 is 5.32 Å². The zero-order chi connectivity index (χ0) is 21.2. The van der Waals surface area contributed by atoms with Crippen LogP contribution in [0.3, 0.4) is 0 Å². The minimum absolute atomic E-state index is 0.133. The van der Waals surface area contributed by atoms with Crippen molar-refractivity contribution in [3.8, 4) is 0 Å². The zero-order valence-corrected chi connectivity index (χ0v) is 19.1. The number of amides is 1. The lowest BCUT2D eigenvalue weighted by molar-refractivity contribution is -0.116. The van der Waals surface area contributed by atoms with Gasteiger partial charge in [0.2, 0.25) is 5.91 Å². The maximum atomic E-state index is 11.3. The molecule has 4 rings (SSSR count). The maximum Gasteiger partial charge on any atom is 0.224 e. The predicted molar refractivity (Wildman–Crippen MR) is 124 cm³/mol. The number of carbonyl (C=O) groups excluding carboxylic acids is 1. The fraction of sp³-hybridized carbons (Fsp3) is 0.519. The Hall–Kier alpha value is -2.09. The molecule has 2 aliphatic rings. The summed E-state index contributed by atoms with van der Waals surface area (Å²) >= 11 is 0. The first-order chi connectivity index (χ1) is 13.5. The summed E-state index contributed by atoms with van der Waals surface area (Å²) in [4.78, 5) is 11.3. The summed E-state index contributed by atoms with van der Waals surface area (Å²) in [7, 11) is 0. The second-order valence-electron chi connectivity index (χ2n) is 10.6. The van der Waals surface area contributed by atoms with Crippen LogP contribution >= 0.6 is 0 Å². The number of anilines is 1. The minimum atomic E-state index is 0.133. The van der Waals surface area contributed by atoms with Gasteiger partial charge in [-0.1, -0.05) is 71.9 Å². The Labute approximate surface area is 177 Å². The van der Waals surface area contributed by atoms with E-state index < -0.39 is 0 Å². The third-order valence-electron chi connectivity index (χ3n) is 6.09. The summed E-state index contributed by atoms with van der Waals surface area (Å²) in [6, 6.07) is 13.5. The molecular formula is C27H37NO. The first-order valence-corrected chi connectivity index (χ1v) is 11.1. The fourth-order valence-corrected chi connectivity index (χ4v) is 4.04. The van der Waals surface area contributed by atoms with E-state index in [9.17, 15) is 4.79 Å². The van der Waals surface area contributed by atoms with Crippen molar-refractivity contribution in [3.63, 3.8) is 0 Å². The van der Waals surface area contributed by atoms with E-state index >= 15 is 0 Å². The van der Waals surface area contributed by atoms with Gasteiger partial charge in [-0.3, -0.25) is 4.79 Å². The van der Waals surface area contributed by atoms with Gasteiger partial charge in [0.05, 0.1) is 0 Å². The van der Waals surface area contributed by atoms with Crippen molar-refractivity contribution in [2.45, 2.75) is 90.9 Å². The van der Waals surface area contributed by atoms with Crippen LogP contribution in [-0.4, -0.2) is 5.91 Å². The number of hydrogen-bond donors (Lipinski definition) is 1. The van der Waals surface area contributed by atoms with Gasteiger partial charge in [0.15, 0.2) is 0 Å². The molecule has 2 aromatic rings. The molecule has 2 nitrogen and oxygen atoms in total. The molecule has 1 N–H and O–H groups in total.